The zero-order valence-corrected chi connectivity index (χ0v) is 45.4. The highest BCUT2D eigenvalue weighted by molar-refractivity contribution is 5.69. The number of hydrogen-bond donors (Lipinski definition) is 7. The first kappa shape index (κ1) is 66.6. The molecule has 2 aliphatic rings. The summed E-state index contributed by atoms with van der Waals surface area (Å²) in [6, 6.07) is 0. The number of carbonyl (C=O) groups excluding carboxylic acids is 1. The van der Waals surface area contributed by atoms with Gasteiger partial charge in [0.2, 0.25) is 0 Å². The van der Waals surface area contributed by atoms with Crippen LogP contribution >= 0.6 is 0 Å². The van der Waals surface area contributed by atoms with Crippen LogP contribution in [0.4, 0.5) is 0 Å². The monoisotopic (exact) mass is 1030 g/mol. The van der Waals surface area contributed by atoms with Gasteiger partial charge in [0.1, 0.15) is 54.9 Å². The summed E-state index contributed by atoms with van der Waals surface area (Å²) in [7, 11) is 0. The molecule has 11 unspecified atom stereocenters. The van der Waals surface area contributed by atoms with Gasteiger partial charge in [-0.15, -0.1) is 0 Å². The van der Waals surface area contributed by atoms with Gasteiger partial charge in [0.15, 0.2) is 12.6 Å². The number of esters is 1. The molecule has 0 aliphatic carbocycles. The standard InChI is InChI=1S/C58H108O14/c1-3-5-7-9-11-13-15-17-19-21-22-23-24-25-26-27-29-31-33-35-37-39-41-50(60)70-47(44-67-42-40-38-36-34-32-30-28-20-18-16-14-12-10-8-6-4-2)45-68-57-56(66)54(64)52(62)49(72-57)46-69-58-55(65)53(63)51(61)48(43-59)71-58/h12,14,18,20,47-49,51-59,61-66H,3-11,13,15-17,19,21-46H2,1-2H3/b14-12-,20-18-. The van der Waals surface area contributed by atoms with E-state index in [9.17, 15) is 40.5 Å². The molecule has 2 rings (SSSR count). The maximum atomic E-state index is 13.1. The Morgan fingerprint density at radius 3 is 1.36 bits per heavy atom. The second kappa shape index (κ2) is 45.6. The van der Waals surface area contributed by atoms with Gasteiger partial charge in [0, 0.05) is 13.0 Å². The Balaban J connectivity index is 1.70. The van der Waals surface area contributed by atoms with Crippen molar-refractivity contribution in [3.05, 3.63) is 24.3 Å². The van der Waals surface area contributed by atoms with Crippen LogP contribution in [0.25, 0.3) is 0 Å². The van der Waals surface area contributed by atoms with Crippen molar-refractivity contribution in [2.45, 2.75) is 306 Å². The van der Waals surface area contributed by atoms with Gasteiger partial charge < -0.3 is 64.2 Å². The topological polar surface area (TPSA) is 214 Å². The van der Waals surface area contributed by atoms with E-state index in [0.29, 0.717) is 13.0 Å². The molecule has 14 nitrogen and oxygen atoms in total. The highest BCUT2D eigenvalue weighted by atomic mass is 16.7. The van der Waals surface area contributed by atoms with Gasteiger partial charge in [0.05, 0.1) is 26.4 Å². The van der Waals surface area contributed by atoms with Crippen molar-refractivity contribution in [3.8, 4) is 0 Å². The molecule has 0 radical (unpaired) electrons. The van der Waals surface area contributed by atoms with E-state index < -0.39 is 80.7 Å². The van der Waals surface area contributed by atoms with Crippen LogP contribution in [0.3, 0.4) is 0 Å². The minimum Gasteiger partial charge on any atom is -0.457 e. The maximum absolute atomic E-state index is 13.1. The van der Waals surface area contributed by atoms with Crippen LogP contribution in [0, 0.1) is 0 Å². The fourth-order valence-electron chi connectivity index (χ4n) is 9.44. The molecular weight excluding hydrogens is 921 g/mol. The number of aliphatic hydroxyl groups is 7. The minimum atomic E-state index is -1.71. The summed E-state index contributed by atoms with van der Waals surface area (Å²) in [6.45, 7) is 3.68. The molecular formula is C58H108O14. The van der Waals surface area contributed by atoms with Crippen molar-refractivity contribution in [1.29, 1.82) is 0 Å². The Morgan fingerprint density at radius 1 is 0.458 bits per heavy atom. The van der Waals surface area contributed by atoms with Crippen LogP contribution in [0.5, 0.6) is 0 Å². The Morgan fingerprint density at radius 2 is 0.861 bits per heavy atom. The summed E-state index contributed by atoms with van der Waals surface area (Å²) in [6.07, 6.45) is 35.2. The first-order valence-corrected chi connectivity index (χ1v) is 29.4. The largest absolute Gasteiger partial charge is 0.457 e. The predicted molar refractivity (Wildman–Crippen MR) is 284 cm³/mol. The average Bonchev–Trinajstić information content (AvgIpc) is 3.38. The molecule has 0 bridgehead atoms. The number of carbonyl (C=O) groups is 1. The number of unbranched alkanes of at least 4 members (excludes halogenated alkanes) is 30. The lowest BCUT2D eigenvalue weighted by molar-refractivity contribution is -0.332. The zero-order chi connectivity index (χ0) is 52.3. The van der Waals surface area contributed by atoms with E-state index in [2.05, 4.69) is 38.2 Å². The number of ether oxygens (including phenoxy) is 6. The number of aliphatic hydroxyl groups excluding tert-OH is 7. The number of hydrogen-bond acceptors (Lipinski definition) is 14. The molecule has 11 atom stereocenters. The minimum absolute atomic E-state index is 0.0585. The normalized spacial score (nSPS) is 25.2. The maximum Gasteiger partial charge on any atom is 0.306 e. The third kappa shape index (κ3) is 32.1. The Labute approximate surface area is 437 Å². The van der Waals surface area contributed by atoms with Crippen molar-refractivity contribution < 1.29 is 69.0 Å². The average molecular weight is 1030 g/mol. The predicted octanol–water partition coefficient (Wildman–Crippen LogP) is 10.4. The van der Waals surface area contributed by atoms with Crippen LogP contribution in [-0.2, 0) is 33.2 Å². The van der Waals surface area contributed by atoms with E-state index in [-0.39, 0.29) is 25.6 Å². The van der Waals surface area contributed by atoms with Gasteiger partial charge in [-0.3, -0.25) is 4.79 Å². The van der Waals surface area contributed by atoms with Gasteiger partial charge in [-0.05, 0) is 44.9 Å². The van der Waals surface area contributed by atoms with Gasteiger partial charge in [-0.25, -0.2) is 0 Å². The quantitative estimate of drug-likeness (QED) is 0.0172. The van der Waals surface area contributed by atoms with Crippen molar-refractivity contribution in [1.82, 2.24) is 0 Å². The SMILES string of the molecule is CCCCC/C=C\C/C=C\CCCCCCCCOCC(COC1OC(COC2OC(CO)C(O)C(O)C2O)C(O)C(O)C1O)OC(=O)CCCCCCCCCCCCCCCCCCCCCCCC. The molecule has 0 aromatic carbocycles. The van der Waals surface area contributed by atoms with E-state index >= 15 is 0 Å². The summed E-state index contributed by atoms with van der Waals surface area (Å²) in [5, 5.41) is 72.3. The van der Waals surface area contributed by atoms with Crippen LogP contribution in [0.1, 0.15) is 239 Å². The molecule has 0 spiro atoms. The Bertz CT molecular complexity index is 1290. The van der Waals surface area contributed by atoms with Crippen LogP contribution in [-0.4, -0.2) is 142 Å². The molecule has 0 amide bonds. The molecule has 0 saturated carbocycles. The smallest absolute Gasteiger partial charge is 0.306 e. The second-order valence-electron chi connectivity index (χ2n) is 20.8. The van der Waals surface area contributed by atoms with Crippen molar-refractivity contribution in [2.75, 3.05) is 33.0 Å². The molecule has 2 fully saturated rings. The molecule has 2 saturated heterocycles. The zero-order valence-electron chi connectivity index (χ0n) is 45.4. The first-order chi connectivity index (χ1) is 35.1. The molecule has 2 aliphatic heterocycles. The summed E-state index contributed by atoms with van der Waals surface area (Å²) in [4.78, 5) is 13.1. The molecule has 72 heavy (non-hydrogen) atoms. The van der Waals surface area contributed by atoms with Crippen molar-refractivity contribution >= 4 is 5.97 Å². The van der Waals surface area contributed by atoms with Gasteiger partial charge in [-0.1, -0.05) is 212 Å². The van der Waals surface area contributed by atoms with Crippen LogP contribution < -0.4 is 0 Å². The summed E-state index contributed by atoms with van der Waals surface area (Å²) in [5.41, 5.74) is 0. The lowest BCUT2D eigenvalue weighted by Gasteiger charge is -2.42. The highest BCUT2D eigenvalue weighted by Gasteiger charge is 2.47. The van der Waals surface area contributed by atoms with E-state index in [4.69, 9.17) is 28.4 Å². The summed E-state index contributed by atoms with van der Waals surface area (Å²) < 4.78 is 34.4. The van der Waals surface area contributed by atoms with E-state index in [0.717, 1.165) is 57.8 Å². The van der Waals surface area contributed by atoms with E-state index in [1.165, 1.54) is 154 Å². The molecule has 424 valence electrons. The van der Waals surface area contributed by atoms with Gasteiger partial charge >= 0.3 is 5.97 Å². The lowest BCUT2D eigenvalue weighted by Crippen LogP contribution is -2.61. The van der Waals surface area contributed by atoms with E-state index in [1.54, 1.807) is 0 Å². The summed E-state index contributed by atoms with van der Waals surface area (Å²) in [5.74, 6) is -0.375. The van der Waals surface area contributed by atoms with Crippen molar-refractivity contribution in [3.63, 3.8) is 0 Å². The third-order valence-corrected chi connectivity index (χ3v) is 14.2. The summed E-state index contributed by atoms with van der Waals surface area (Å²) >= 11 is 0. The van der Waals surface area contributed by atoms with Crippen molar-refractivity contribution in [2.24, 2.45) is 0 Å². The first-order valence-electron chi connectivity index (χ1n) is 29.4. The molecule has 0 aromatic heterocycles. The van der Waals surface area contributed by atoms with E-state index in [1.807, 2.05) is 0 Å². The number of allylic oxidation sites excluding steroid dienone is 4. The van der Waals surface area contributed by atoms with Gasteiger partial charge in [-0.2, -0.15) is 0 Å². The molecule has 2 heterocycles. The molecule has 14 heteroatoms. The fourth-order valence-corrected chi connectivity index (χ4v) is 9.44. The molecule has 0 aromatic rings. The highest BCUT2D eigenvalue weighted by Crippen LogP contribution is 2.27. The lowest BCUT2D eigenvalue weighted by atomic mass is 9.98. The Kier molecular flexibility index (Phi) is 42.2. The Hall–Kier alpha value is -1.53. The van der Waals surface area contributed by atoms with Crippen LogP contribution in [0.15, 0.2) is 24.3 Å². The number of rotatable bonds is 48. The second-order valence-corrected chi connectivity index (χ2v) is 20.8. The third-order valence-electron chi connectivity index (χ3n) is 14.2. The molecule has 7 N–H and O–H groups in total. The van der Waals surface area contributed by atoms with Gasteiger partial charge in [0.25, 0.3) is 0 Å². The van der Waals surface area contributed by atoms with Crippen LogP contribution in [0.2, 0.25) is 0 Å². The fraction of sp³-hybridized carbons (Fsp3) is 0.914.